The van der Waals surface area contributed by atoms with Gasteiger partial charge in [-0.2, -0.15) is 0 Å². The van der Waals surface area contributed by atoms with Crippen molar-refractivity contribution in [2.45, 2.75) is 18.9 Å². The van der Waals surface area contributed by atoms with Crippen LogP contribution in [0.5, 0.6) is 0 Å². The zero-order valence-corrected chi connectivity index (χ0v) is 16.6. The van der Waals surface area contributed by atoms with E-state index in [1.165, 1.54) is 33.6 Å². The van der Waals surface area contributed by atoms with Gasteiger partial charge in [-0.25, -0.2) is 41.4 Å². The summed E-state index contributed by atoms with van der Waals surface area (Å²) in [6.45, 7) is 1.15. The number of hydrogen-bond acceptors (Lipinski definition) is 7. The van der Waals surface area contributed by atoms with Gasteiger partial charge in [0.2, 0.25) is 10.0 Å². The lowest BCUT2D eigenvalue weighted by Gasteiger charge is -2.23. The lowest BCUT2D eigenvalue weighted by molar-refractivity contribution is 0.145. The predicted molar refractivity (Wildman–Crippen MR) is 102 cm³/mol. The predicted octanol–water partition coefficient (Wildman–Crippen LogP) is 1.59. The van der Waals surface area contributed by atoms with Gasteiger partial charge in [-0.3, -0.25) is 4.40 Å². The van der Waals surface area contributed by atoms with Crippen molar-refractivity contribution in [3.05, 3.63) is 36.5 Å². The topological polar surface area (TPSA) is 96.6 Å². The molecule has 0 aliphatic carbocycles. The number of sulfonamides is 1. The van der Waals surface area contributed by atoms with E-state index in [-0.39, 0.29) is 11.7 Å². The number of rotatable bonds is 5. The van der Waals surface area contributed by atoms with Crippen LogP contribution in [0.4, 0.5) is 14.6 Å². The molecule has 29 heavy (non-hydrogen) atoms. The van der Waals surface area contributed by atoms with Crippen LogP contribution in [0.2, 0.25) is 0 Å². The van der Waals surface area contributed by atoms with Crippen LogP contribution in [-0.4, -0.2) is 69.5 Å². The maximum absolute atomic E-state index is 13.0. The quantitative estimate of drug-likeness (QED) is 0.615. The number of alkyl halides is 2. The molecule has 0 bridgehead atoms. The van der Waals surface area contributed by atoms with E-state index < -0.39 is 16.4 Å². The second-order valence-electron chi connectivity index (χ2n) is 6.89. The van der Waals surface area contributed by atoms with Gasteiger partial charge < -0.3 is 4.90 Å². The first kappa shape index (κ1) is 19.6. The molecule has 0 saturated carbocycles. The second kappa shape index (κ2) is 7.26. The molecule has 1 fully saturated rings. The fourth-order valence-electron chi connectivity index (χ4n) is 3.35. The Hall–Kier alpha value is -2.73. The molecule has 4 rings (SSSR count). The van der Waals surface area contributed by atoms with Gasteiger partial charge in [0.15, 0.2) is 11.5 Å². The molecular formula is C17H19F2N7O2S. The van der Waals surface area contributed by atoms with E-state index in [1.807, 2.05) is 4.90 Å². The van der Waals surface area contributed by atoms with Gasteiger partial charge in [-0.05, 0) is 12.5 Å². The second-order valence-corrected chi connectivity index (χ2v) is 8.93. The van der Waals surface area contributed by atoms with Gasteiger partial charge in [-0.1, -0.05) is 0 Å². The lowest BCUT2D eigenvalue weighted by Crippen LogP contribution is -2.38. The molecule has 154 valence electrons. The van der Waals surface area contributed by atoms with Gasteiger partial charge in [0.05, 0.1) is 18.6 Å². The maximum atomic E-state index is 13.0. The monoisotopic (exact) mass is 423 g/mol. The van der Waals surface area contributed by atoms with Gasteiger partial charge in [-0.15, -0.1) is 0 Å². The number of fused-ring (bicyclic) bond motifs is 1. The molecule has 0 amide bonds. The normalized spacial score (nSPS) is 17.7. The van der Waals surface area contributed by atoms with Crippen molar-refractivity contribution in [2.75, 3.05) is 31.3 Å². The standard InChI is InChI=1S/C17H19F2N7O2S/c1-24(29(2,27)28)11-4-6-25(9-11)14-3-5-20-17(23-14)13-7-22-15-8-21-12(16(18)19)10-26(13)15/h3,5,7-8,10-11,16H,4,6,9H2,1-2H3. The Labute approximate surface area is 166 Å². The highest BCUT2D eigenvalue weighted by molar-refractivity contribution is 7.88. The number of halogens is 2. The molecular weight excluding hydrogens is 404 g/mol. The molecule has 1 aliphatic rings. The Morgan fingerprint density at radius 3 is 2.76 bits per heavy atom. The summed E-state index contributed by atoms with van der Waals surface area (Å²) in [5.74, 6) is 0.971. The van der Waals surface area contributed by atoms with E-state index in [1.54, 1.807) is 19.3 Å². The first-order valence-electron chi connectivity index (χ1n) is 8.86. The van der Waals surface area contributed by atoms with Crippen molar-refractivity contribution in [3.8, 4) is 11.5 Å². The van der Waals surface area contributed by atoms with Crippen LogP contribution in [0, 0.1) is 0 Å². The molecule has 1 aliphatic heterocycles. The number of likely N-dealkylation sites (N-methyl/N-ethyl adjacent to an activating group) is 1. The number of imidazole rings is 1. The number of hydrogen-bond donors (Lipinski definition) is 0. The Balaban J connectivity index is 1.64. The Morgan fingerprint density at radius 1 is 1.24 bits per heavy atom. The summed E-state index contributed by atoms with van der Waals surface area (Å²) >= 11 is 0. The van der Waals surface area contributed by atoms with Gasteiger partial charge in [0.25, 0.3) is 6.43 Å². The maximum Gasteiger partial charge on any atom is 0.281 e. The zero-order chi connectivity index (χ0) is 20.8. The van der Waals surface area contributed by atoms with Crippen molar-refractivity contribution in [1.29, 1.82) is 0 Å². The molecule has 4 heterocycles. The minimum atomic E-state index is -3.28. The molecule has 1 atom stereocenters. The van der Waals surface area contributed by atoms with E-state index in [0.717, 1.165) is 0 Å². The van der Waals surface area contributed by atoms with Gasteiger partial charge in [0.1, 0.15) is 17.2 Å². The van der Waals surface area contributed by atoms with E-state index in [9.17, 15) is 17.2 Å². The fraction of sp³-hybridized carbons (Fsp3) is 0.412. The van der Waals surface area contributed by atoms with Crippen LogP contribution in [0.15, 0.2) is 30.9 Å². The third-order valence-electron chi connectivity index (χ3n) is 5.03. The molecule has 0 aromatic carbocycles. The minimum absolute atomic E-state index is 0.140. The average molecular weight is 423 g/mol. The van der Waals surface area contributed by atoms with E-state index in [2.05, 4.69) is 19.9 Å². The fourth-order valence-corrected chi connectivity index (χ4v) is 4.06. The summed E-state index contributed by atoms with van der Waals surface area (Å²) in [5, 5.41) is 0. The summed E-state index contributed by atoms with van der Waals surface area (Å²) in [5.41, 5.74) is 0.517. The highest BCUT2D eigenvalue weighted by Crippen LogP contribution is 2.25. The van der Waals surface area contributed by atoms with Crippen molar-refractivity contribution < 1.29 is 17.2 Å². The minimum Gasteiger partial charge on any atom is -0.355 e. The molecule has 12 heteroatoms. The Morgan fingerprint density at radius 2 is 2.03 bits per heavy atom. The molecule has 0 N–H and O–H groups in total. The van der Waals surface area contributed by atoms with Gasteiger partial charge in [0, 0.05) is 38.6 Å². The molecule has 0 spiro atoms. The van der Waals surface area contributed by atoms with E-state index in [0.29, 0.717) is 42.5 Å². The summed E-state index contributed by atoms with van der Waals surface area (Å²) < 4.78 is 52.4. The molecule has 1 unspecified atom stereocenters. The van der Waals surface area contributed by atoms with Crippen molar-refractivity contribution >= 4 is 21.5 Å². The molecule has 0 radical (unpaired) electrons. The number of aromatic nitrogens is 5. The number of nitrogens with zero attached hydrogens (tertiary/aromatic N) is 7. The number of anilines is 1. The van der Waals surface area contributed by atoms with Crippen LogP contribution < -0.4 is 4.90 Å². The highest BCUT2D eigenvalue weighted by Gasteiger charge is 2.31. The third-order valence-corrected chi connectivity index (χ3v) is 6.38. The van der Waals surface area contributed by atoms with Crippen LogP contribution in [0.25, 0.3) is 17.2 Å². The third kappa shape index (κ3) is 3.77. The smallest absolute Gasteiger partial charge is 0.281 e. The summed E-state index contributed by atoms with van der Waals surface area (Å²) in [6, 6.07) is 1.60. The van der Waals surface area contributed by atoms with Crippen molar-refractivity contribution in [1.82, 2.24) is 28.6 Å². The Bertz CT molecular complexity index is 1150. The summed E-state index contributed by atoms with van der Waals surface area (Å²) in [4.78, 5) is 18.7. The molecule has 3 aromatic heterocycles. The molecule has 9 nitrogen and oxygen atoms in total. The van der Waals surface area contributed by atoms with Crippen LogP contribution in [0.3, 0.4) is 0 Å². The molecule has 3 aromatic rings. The Kier molecular flexibility index (Phi) is 4.90. The van der Waals surface area contributed by atoms with Crippen LogP contribution >= 0.6 is 0 Å². The average Bonchev–Trinajstić information content (AvgIpc) is 3.33. The summed E-state index contributed by atoms with van der Waals surface area (Å²) in [6.07, 6.45) is 4.77. The van der Waals surface area contributed by atoms with Crippen LogP contribution in [0.1, 0.15) is 18.5 Å². The van der Waals surface area contributed by atoms with Crippen molar-refractivity contribution in [2.24, 2.45) is 0 Å². The largest absolute Gasteiger partial charge is 0.355 e. The first-order chi connectivity index (χ1) is 13.7. The SMILES string of the molecule is CN(C1CCN(c2ccnc(-c3cnc4cnc(C(F)F)cn34)n2)C1)S(C)(=O)=O. The lowest BCUT2D eigenvalue weighted by atomic mass is 10.3. The van der Waals surface area contributed by atoms with Crippen LogP contribution in [-0.2, 0) is 10.0 Å². The van der Waals surface area contributed by atoms with Crippen molar-refractivity contribution in [3.63, 3.8) is 0 Å². The van der Waals surface area contributed by atoms with E-state index >= 15 is 0 Å². The molecule has 1 saturated heterocycles. The summed E-state index contributed by atoms with van der Waals surface area (Å²) in [7, 11) is -1.70. The van der Waals surface area contributed by atoms with E-state index in [4.69, 9.17) is 0 Å². The highest BCUT2D eigenvalue weighted by atomic mass is 32.2. The first-order valence-corrected chi connectivity index (χ1v) is 10.7. The van der Waals surface area contributed by atoms with Gasteiger partial charge >= 0.3 is 0 Å². The zero-order valence-electron chi connectivity index (χ0n) is 15.8.